The van der Waals surface area contributed by atoms with Gasteiger partial charge in [0.05, 0.1) is 6.04 Å². The number of benzene rings is 2. The Balaban J connectivity index is 2.00. The molecular weight excluding hydrogens is 282 g/mol. The number of thioether (sulfide) groups is 1. The largest absolute Gasteiger partial charge is 0.486 e. The molecule has 0 bridgehead atoms. The van der Waals surface area contributed by atoms with Crippen molar-refractivity contribution in [3.63, 3.8) is 0 Å². The molecular formula is C17H19NO2S. The van der Waals surface area contributed by atoms with Gasteiger partial charge in [-0.25, -0.2) is 0 Å². The molecule has 21 heavy (non-hydrogen) atoms. The minimum atomic E-state index is 0.143. The molecule has 1 unspecified atom stereocenters. The summed E-state index contributed by atoms with van der Waals surface area (Å²) in [5, 5.41) is 3.41. The average molecular weight is 301 g/mol. The molecule has 1 heterocycles. The van der Waals surface area contributed by atoms with Crippen LogP contribution in [0.3, 0.4) is 0 Å². The highest BCUT2D eigenvalue weighted by molar-refractivity contribution is 7.98. The van der Waals surface area contributed by atoms with Crippen LogP contribution in [0, 0.1) is 0 Å². The zero-order chi connectivity index (χ0) is 14.7. The van der Waals surface area contributed by atoms with Gasteiger partial charge in [-0.15, -0.1) is 11.8 Å². The highest BCUT2D eigenvalue weighted by atomic mass is 32.2. The van der Waals surface area contributed by atoms with Crippen LogP contribution in [0.15, 0.2) is 47.4 Å². The van der Waals surface area contributed by atoms with Gasteiger partial charge >= 0.3 is 0 Å². The maximum atomic E-state index is 5.69. The van der Waals surface area contributed by atoms with E-state index in [9.17, 15) is 0 Å². The second-order valence-electron chi connectivity index (χ2n) is 4.87. The molecule has 110 valence electrons. The van der Waals surface area contributed by atoms with E-state index in [0.29, 0.717) is 13.2 Å². The summed E-state index contributed by atoms with van der Waals surface area (Å²) in [6.07, 6.45) is 2.11. The Morgan fingerprint density at radius 3 is 2.57 bits per heavy atom. The van der Waals surface area contributed by atoms with Crippen LogP contribution in [-0.4, -0.2) is 26.5 Å². The lowest BCUT2D eigenvalue weighted by Crippen LogP contribution is -2.20. The van der Waals surface area contributed by atoms with Crippen LogP contribution in [0.25, 0.3) is 0 Å². The third-order valence-electron chi connectivity index (χ3n) is 3.64. The Morgan fingerprint density at radius 2 is 1.81 bits per heavy atom. The van der Waals surface area contributed by atoms with E-state index in [0.717, 1.165) is 11.5 Å². The molecule has 0 aliphatic carbocycles. The van der Waals surface area contributed by atoms with Gasteiger partial charge in [-0.2, -0.15) is 0 Å². The quantitative estimate of drug-likeness (QED) is 0.876. The molecule has 0 aromatic heterocycles. The molecule has 4 heteroatoms. The molecule has 0 amide bonds. The molecule has 1 aliphatic rings. The average Bonchev–Trinajstić information content (AvgIpc) is 2.56. The molecule has 1 atom stereocenters. The van der Waals surface area contributed by atoms with Crippen molar-refractivity contribution in [3.8, 4) is 11.5 Å². The topological polar surface area (TPSA) is 30.5 Å². The van der Waals surface area contributed by atoms with Crippen LogP contribution >= 0.6 is 11.8 Å². The van der Waals surface area contributed by atoms with E-state index in [-0.39, 0.29) is 6.04 Å². The number of hydrogen-bond acceptors (Lipinski definition) is 4. The molecule has 1 aliphatic heterocycles. The van der Waals surface area contributed by atoms with Crippen molar-refractivity contribution in [2.24, 2.45) is 0 Å². The van der Waals surface area contributed by atoms with Gasteiger partial charge in [0.1, 0.15) is 13.2 Å². The Kier molecular flexibility index (Phi) is 4.36. The summed E-state index contributed by atoms with van der Waals surface area (Å²) >= 11 is 1.77. The van der Waals surface area contributed by atoms with Gasteiger partial charge < -0.3 is 14.8 Å². The number of fused-ring (bicyclic) bond motifs is 1. The zero-order valence-electron chi connectivity index (χ0n) is 12.3. The lowest BCUT2D eigenvalue weighted by Gasteiger charge is -2.23. The Morgan fingerprint density at radius 1 is 1.05 bits per heavy atom. The summed E-state index contributed by atoms with van der Waals surface area (Å²) in [4.78, 5) is 1.28. The molecule has 0 radical (unpaired) electrons. The maximum Gasteiger partial charge on any atom is 0.161 e. The summed E-state index contributed by atoms with van der Waals surface area (Å²) in [6, 6.07) is 14.8. The van der Waals surface area contributed by atoms with Crippen LogP contribution in [-0.2, 0) is 0 Å². The number of nitrogens with one attached hydrogen (secondary N) is 1. The van der Waals surface area contributed by atoms with E-state index in [1.807, 2.05) is 13.1 Å². The summed E-state index contributed by atoms with van der Waals surface area (Å²) in [6.45, 7) is 1.24. The molecule has 3 nitrogen and oxygen atoms in total. The molecule has 1 N–H and O–H groups in total. The smallest absolute Gasteiger partial charge is 0.161 e. The maximum absolute atomic E-state index is 5.69. The molecule has 2 aromatic rings. The van der Waals surface area contributed by atoms with Gasteiger partial charge in [0, 0.05) is 4.90 Å². The SMILES string of the molecule is CNC(c1ccc2c(c1)OCCO2)c1ccccc1SC. The van der Waals surface area contributed by atoms with Gasteiger partial charge in [0.15, 0.2) is 11.5 Å². The molecule has 0 saturated carbocycles. The predicted molar refractivity (Wildman–Crippen MR) is 86.6 cm³/mol. The Hall–Kier alpha value is -1.65. The van der Waals surface area contributed by atoms with Crippen LogP contribution in [0.1, 0.15) is 17.2 Å². The summed E-state index contributed by atoms with van der Waals surface area (Å²) in [7, 11) is 1.98. The van der Waals surface area contributed by atoms with Crippen LogP contribution in [0.5, 0.6) is 11.5 Å². The van der Waals surface area contributed by atoms with Gasteiger partial charge in [-0.3, -0.25) is 0 Å². The number of rotatable bonds is 4. The van der Waals surface area contributed by atoms with Crippen molar-refractivity contribution in [1.29, 1.82) is 0 Å². The van der Waals surface area contributed by atoms with Crippen LogP contribution in [0.4, 0.5) is 0 Å². The molecule has 0 saturated heterocycles. The predicted octanol–water partition coefficient (Wildman–Crippen LogP) is 3.49. The third-order valence-corrected chi connectivity index (χ3v) is 4.45. The van der Waals surface area contributed by atoms with E-state index in [2.05, 4.69) is 48.0 Å². The van der Waals surface area contributed by atoms with Crippen LogP contribution in [0.2, 0.25) is 0 Å². The van der Waals surface area contributed by atoms with Crippen LogP contribution < -0.4 is 14.8 Å². The first-order valence-corrected chi connectivity index (χ1v) is 8.25. The van der Waals surface area contributed by atoms with Crippen molar-refractivity contribution in [3.05, 3.63) is 53.6 Å². The van der Waals surface area contributed by atoms with Gasteiger partial charge in [0.2, 0.25) is 0 Å². The first-order valence-electron chi connectivity index (χ1n) is 7.03. The lowest BCUT2D eigenvalue weighted by atomic mass is 9.98. The lowest BCUT2D eigenvalue weighted by molar-refractivity contribution is 0.171. The molecule has 0 spiro atoms. The monoisotopic (exact) mass is 301 g/mol. The third kappa shape index (κ3) is 2.87. The van der Waals surface area contributed by atoms with Crippen molar-refractivity contribution >= 4 is 11.8 Å². The molecule has 0 fully saturated rings. The standard InChI is InChI=1S/C17H19NO2S/c1-18-17(13-5-3-4-6-16(13)21-2)12-7-8-14-15(11-12)20-10-9-19-14/h3-8,11,17-18H,9-10H2,1-2H3. The summed E-state index contributed by atoms with van der Waals surface area (Å²) < 4.78 is 11.3. The van der Waals surface area contributed by atoms with Crippen molar-refractivity contribution in [2.45, 2.75) is 10.9 Å². The number of ether oxygens (including phenoxy) is 2. The fourth-order valence-corrected chi connectivity index (χ4v) is 3.28. The van der Waals surface area contributed by atoms with E-state index >= 15 is 0 Å². The molecule has 2 aromatic carbocycles. The van der Waals surface area contributed by atoms with Gasteiger partial charge in [-0.1, -0.05) is 24.3 Å². The van der Waals surface area contributed by atoms with E-state index < -0.39 is 0 Å². The normalized spacial score (nSPS) is 14.8. The van der Waals surface area contributed by atoms with Crippen molar-refractivity contribution < 1.29 is 9.47 Å². The first-order chi connectivity index (χ1) is 10.3. The van der Waals surface area contributed by atoms with Gasteiger partial charge in [-0.05, 0) is 42.6 Å². The Labute approximate surface area is 129 Å². The van der Waals surface area contributed by atoms with Crippen molar-refractivity contribution in [2.75, 3.05) is 26.5 Å². The highest BCUT2D eigenvalue weighted by Crippen LogP contribution is 2.36. The van der Waals surface area contributed by atoms with Gasteiger partial charge in [0.25, 0.3) is 0 Å². The summed E-state index contributed by atoms with van der Waals surface area (Å²) in [5.41, 5.74) is 2.47. The first kappa shape index (κ1) is 14.3. The van der Waals surface area contributed by atoms with E-state index in [1.165, 1.54) is 16.0 Å². The van der Waals surface area contributed by atoms with E-state index in [1.54, 1.807) is 11.8 Å². The highest BCUT2D eigenvalue weighted by Gasteiger charge is 2.19. The minimum Gasteiger partial charge on any atom is -0.486 e. The Bertz CT molecular complexity index is 630. The summed E-state index contributed by atoms with van der Waals surface area (Å²) in [5.74, 6) is 1.67. The zero-order valence-corrected chi connectivity index (χ0v) is 13.1. The second-order valence-corrected chi connectivity index (χ2v) is 5.71. The number of hydrogen-bond donors (Lipinski definition) is 1. The fraction of sp³-hybridized carbons (Fsp3) is 0.294. The minimum absolute atomic E-state index is 0.143. The van der Waals surface area contributed by atoms with Crippen molar-refractivity contribution in [1.82, 2.24) is 5.32 Å². The second kappa shape index (κ2) is 6.41. The molecule has 3 rings (SSSR count). The fourth-order valence-electron chi connectivity index (χ4n) is 2.65. The van der Waals surface area contributed by atoms with E-state index in [4.69, 9.17) is 9.47 Å².